The number of nitrogens with two attached hydrogens (primary N) is 1. The smallest absolute Gasteiger partial charge is 0.393 e. The van der Waals surface area contributed by atoms with Crippen molar-refractivity contribution in [2.24, 2.45) is 5.73 Å². The van der Waals surface area contributed by atoms with Crippen molar-refractivity contribution in [3.05, 3.63) is 12.2 Å². The summed E-state index contributed by atoms with van der Waals surface area (Å²) in [5, 5.41) is 23.9. The van der Waals surface area contributed by atoms with Crippen molar-refractivity contribution in [3.63, 3.8) is 0 Å². The maximum Gasteiger partial charge on any atom is 0.472 e. The number of allylic oxidation sites excluding steroid dienone is 1. The van der Waals surface area contributed by atoms with Gasteiger partial charge in [0.15, 0.2) is 0 Å². The maximum absolute atomic E-state index is 12.7. The van der Waals surface area contributed by atoms with Gasteiger partial charge in [-0.1, -0.05) is 174 Å². The molecule has 0 saturated carbocycles. The lowest BCUT2D eigenvalue weighted by atomic mass is 10.0. The Morgan fingerprint density at radius 1 is 0.708 bits per heavy atom. The van der Waals surface area contributed by atoms with Crippen LogP contribution in [0.3, 0.4) is 0 Å². The van der Waals surface area contributed by atoms with E-state index in [0.717, 1.165) is 38.5 Å². The van der Waals surface area contributed by atoms with Crippen LogP contribution in [0.25, 0.3) is 0 Å². The molecule has 286 valence electrons. The highest BCUT2D eigenvalue weighted by molar-refractivity contribution is 7.47. The fraction of sp³-hybridized carbons (Fsp3) is 0.921. The fourth-order valence-corrected chi connectivity index (χ4v) is 6.64. The lowest BCUT2D eigenvalue weighted by Gasteiger charge is -2.24. The predicted molar refractivity (Wildman–Crippen MR) is 200 cm³/mol. The molecule has 4 atom stereocenters. The molecule has 0 heterocycles. The summed E-state index contributed by atoms with van der Waals surface area (Å²) in [6, 6.07) is -0.975. The maximum atomic E-state index is 12.7. The average molecular weight is 705 g/mol. The van der Waals surface area contributed by atoms with Crippen LogP contribution in [0.15, 0.2) is 12.2 Å². The van der Waals surface area contributed by atoms with Gasteiger partial charge in [0.2, 0.25) is 5.91 Å². The van der Waals surface area contributed by atoms with E-state index in [-0.39, 0.29) is 19.6 Å². The summed E-state index contributed by atoms with van der Waals surface area (Å²) in [5.74, 6) is -0.445. The van der Waals surface area contributed by atoms with Crippen LogP contribution in [-0.4, -0.2) is 59.0 Å². The van der Waals surface area contributed by atoms with Crippen molar-refractivity contribution in [3.8, 4) is 0 Å². The van der Waals surface area contributed by atoms with Crippen LogP contribution >= 0.6 is 7.82 Å². The molecule has 1 amide bonds. The number of aliphatic hydroxyl groups is 2. The van der Waals surface area contributed by atoms with Crippen molar-refractivity contribution in [1.82, 2.24) is 5.32 Å². The quantitative estimate of drug-likeness (QED) is 0.0244. The Morgan fingerprint density at radius 3 is 1.60 bits per heavy atom. The van der Waals surface area contributed by atoms with Crippen LogP contribution in [0, 0.1) is 0 Å². The number of hydrogen-bond donors (Lipinski definition) is 5. The summed E-state index contributed by atoms with van der Waals surface area (Å²) in [5.41, 5.74) is 5.34. The molecular formula is C38H77N2O7P. The number of unbranched alkanes of at least 4 members (excludes halogenated alkanes) is 23. The van der Waals surface area contributed by atoms with Crippen LogP contribution < -0.4 is 11.1 Å². The van der Waals surface area contributed by atoms with E-state index in [0.29, 0.717) is 6.42 Å². The van der Waals surface area contributed by atoms with Crippen molar-refractivity contribution < 1.29 is 33.5 Å². The van der Waals surface area contributed by atoms with Gasteiger partial charge in [0.05, 0.1) is 37.9 Å². The predicted octanol–water partition coefficient (Wildman–Crippen LogP) is 9.41. The fourth-order valence-electron chi connectivity index (χ4n) is 5.88. The van der Waals surface area contributed by atoms with Gasteiger partial charge < -0.3 is 26.2 Å². The zero-order valence-electron chi connectivity index (χ0n) is 31.1. The van der Waals surface area contributed by atoms with E-state index in [1.54, 1.807) is 6.08 Å². The second-order valence-electron chi connectivity index (χ2n) is 13.7. The molecule has 0 aromatic heterocycles. The zero-order chi connectivity index (χ0) is 35.6. The third kappa shape index (κ3) is 32.4. The number of carbonyl (C=O) groups excluding carboxylic acids is 1. The van der Waals surface area contributed by atoms with Crippen LogP contribution in [0.5, 0.6) is 0 Å². The molecule has 0 fully saturated rings. The second kappa shape index (κ2) is 34.6. The summed E-state index contributed by atoms with van der Waals surface area (Å²) in [6.45, 7) is 3.95. The lowest BCUT2D eigenvalue weighted by Crippen LogP contribution is -2.46. The van der Waals surface area contributed by atoms with E-state index in [1.165, 1.54) is 122 Å². The van der Waals surface area contributed by atoms with Gasteiger partial charge in [0.1, 0.15) is 0 Å². The molecule has 4 unspecified atom stereocenters. The molecular weight excluding hydrogens is 627 g/mol. The molecule has 0 spiro atoms. The molecule has 0 radical (unpaired) electrons. The summed E-state index contributed by atoms with van der Waals surface area (Å²) in [7, 11) is -4.39. The minimum atomic E-state index is -4.39. The van der Waals surface area contributed by atoms with Crippen molar-refractivity contribution in [1.29, 1.82) is 0 Å². The van der Waals surface area contributed by atoms with Crippen LogP contribution in [-0.2, 0) is 18.4 Å². The van der Waals surface area contributed by atoms with E-state index in [9.17, 15) is 24.5 Å². The summed E-state index contributed by atoms with van der Waals surface area (Å²) < 4.78 is 22.0. The number of rotatable bonds is 37. The van der Waals surface area contributed by atoms with Gasteiger partial charge in [0, 0.05) is 6.54 Å². The average Bonchev–Trinajstić information content (AvgIpc) is 3.06. The monoisotopic (exact) mass is 705 g/mol. The van der Waals surface area contributed by atoms with Crippen molar-refractivity contribution in [2.75, 3.05) is 19.8 Å². The zero-order valence-corrected chi connectivity index (χ0v) is 32.0. The highest BCUT2D eigenvalue weighted by atomic mass is 31.2. The Bertz CT molecular complexity index is 786. The van der Waals surface area contributed by atoms with Crippen LogP contribution in [0.2, 0.25) is 0 Å². The van der Waals surface area contributed by atoms with Crippen molar-refractivity contribution in [2.45, 2.75) is 205 Å². The van der Waals surface area contributed by atoms with E-state index in [1.807, 2.05) is 6.08 Å². The SMILES string of the molecule is CCCCCCCCCCC/C=C/C(O)C(COP(=O)(O)OCCN)NC(=O)CC(O)CCCCCCCCCCCCCCCCC. The van der Waals surface area contributed by atoms with Crippen LogP contribution in [0.4, 0.5) is 0 Å². The highest BCUT2D eigenvalue weighted by Crippen LogP contribution is 2.43. The molecule has 0 aliphatic heterocycles. The molecule has 0 aromatic carbocycles. The third-order valence-corrected chi connectivity index (χ3v) is 9.90. The van der Waals surface area contributed by atoms with Crippen LogP contribution in [0.1, 0.15) is 187 Å². The van der Waals surface area contributed by atoms with Crippen molar-refractivity contribution >= 4 is 13.7 Å². The lowest BCUT2D eigenvalue weighted by molar-refractivity contribution is -0.124. The largest absolute Gasteiger partial charge is 0.472 e. The number of hydrogen-bond acceptors (Lipinski definition) is 7. The van der Waals surface area contributed by atoms with E-state index < -0.39 is 38.6 Å². The number of aliphatic hydroxyl groups excluding tert-OH is 2. The number of phosphoric acid groups is 1. The Hall–Kier alpha value is -0.800. The molecule has 0 aliphatic carbocycles. The van der Waals surface area contributed by atoms with E-state index in [4.69, 9.17) is 14.8 Å². The Morgan fingerprint density at radius 2 is 1.15 bits per heavy atom. The number of nitrogens with one attached hydrogen (secondary N) is 1. The highest BCUT2D eigenvalue weighted by Gasteiger charge is 2.27. The summed E-state index contributed by atoms with van der Waals surface area (Å²) in [4.78, 5) is 22.6. The Labute approximate surface area is 295 Å². The molecule has 0 aromatic rings. The first kappa shape index (κ1) is 47.2. The van der Waals surface area contributed by atoms with Gasteiger partial charge in [-0.3, -0.25) is 13.8 Å². The third-order valence-electron chi connectivity index (χ3n) is 8.92. The molecule has 10 heteroatoms. The number of phosphoric ester groups is 1. The first-order valence-electron chi connectivity index (χ1n) is 19.9. The summed E-state index contributed by atoms with van der Waals surface area (Å²) >= 11 is 0. The molecule has 9 nitrogen and oxygen atoms in total. The number of amides is 1. The topological polar surface area (TPSA) is 151 Å². The number of carbonyl (C=O) groups is 1. The Kier molecular flexibility index (Phi) is 34.1. The Balaban J connectivity index is 4.34. The summed E-state index contributed by atoms with van der Waals surface area (Å²) in [6.07, 6.45) is 32.9. The molecule has 0 saturated heterocycles. The molecule has 0 aliphatic rings. The van der Waals surface area contributed by atoms with E-state index >= 15 is 0 Å². The van der Waals surface area contributed by atoms with Gasteiger partial charge in [0.25, 0.3) is 0 Å². The normalized spacial score (nSPS) is 15.0. The van der Waals surface area contributed by atoms with E-state index in [2.05, 4.69) is 19.2 Å². The second-order valence-corrected chi connectivity index (χ2v) is 15.1. The minimum absolute atomic E-state index is 0.0511. The van der Waals surface area contributed by atoms with Gasteiger partial charge in [-0.15, -0.1) is 0 Å². The first-order valence-corrected chi connectivity index (χ1v) is 21.4. The molecule has 0 rings (SSSR count). The standard InChI is InChI=1S/C38H77N2O7P/c1-3-5-7-9-11-13-15-16-17-18-20-21-23-25-27-29-35(41)33-38(43)40-36(34-47-48(44,45)46-32-31-39)37(42)30-28-26-24-22-19-14-12-10-8-6-4-2/h28,30,35-37,41-42H,3-27,29,31-34,39H2,1-2H3,(H,40,43)(H,44,45)/b30-28+. The van der Waals surface area contributed by atoms with Gasteiger partial charge >= 0.3 is 7.82 Å². The molecule has 0 bridgehead atoms. The molecule has 48 heavy (non-hydrogen) atoms. The first-order chi connectivity index (χ1) is 23.3. The molecule has 6 N–H and O–H groups in total. The van der Waals surface area contributed by atoms with Gasteiger partial charge in [-0.25, -0.2) is 4.57 Å². The minimum Gasteiger partial charge on any atom is -0.393 e. The van der Waals surface area contributed by atoms with Gasteiger partial charge in [-0.2, -0.15) is 0 Å². The van der Waals surface area contributed by atoms with Gasteiger partial charge in [-0.05, 0) is 19.3 Å².